The summed E-state index contributed by atoms with van der Waals surface area (Å²) in [5.41, 5.74) is 0.412. The zero-order valence-electron chi connectivity index (χ0n) is 16.4. The van der Waals surface area contributed by atoms with Crippen LogP contribution in [0, 0.1) is 29.1 Å². The van der Waals surface area contributed by atoms with Gasteiger partial charge in [-0.05, 0) is 61.7 Å². The minimum Gasteiger partial charge on any atom is -0.351 e. The fourth-order valence-corrected chi connectivity index (χ4v) is 6.73. The molecule has 1 amide bonds. The number of hydrogen-bond acceptors (Lipinski definition) is 4. The highest BCUT2D eigenvalue weighted by Crippen LogP contribution is 2.70. The van der Waals surface area contributed by atoms with Crippen molar-refractivity contribution in [3.63, 3.8) is 0 Å². The van der Waals surface area contributed by atoms with Crippen LogP contribution in [-0.4, -0.2) is 51.1 Å². The fraction of sp³-hybridized carbons (Fsp3) is 0.762. The molecule has 29 heavy (non-hydrogen) atoms. The number of likely N-dealkylation sites (tertiary alicyclic amines) is 1. The average molecular weight is 403 g/mol. The lowest BCUT2D eigenvalue weighted by Crippen LogP contribution is -2.50. The van der Waals surface area contributed by atoms with Crippen molar-refractivity contribution in [2.45, 2.75) is 57.0 Å². The van der Waals surface area contributed by atoms with Gasteiger partial charge in [0.25, 0.3) is 6.43 Å². The maximum atomic E-state index is 13.6. The maximum absolute atomic E-state index is 13.6. The summed E-state index contributed by atoms with van der Waals surface area (Å²) < 4.78 is 28.5. The molecule has 0 unspecified atom stereocenters. The number of nitrogens with one attached hydrogen (secondary N) is 1. The molecule has 1 N–H and O–H groups in total. The van der Waals surface area contributed by atoms with E-state index in [0.29, 0.717) is 42.1 Å². The Labute approximate surface area is 168 Å². The second-order valence-corrected chi connectivity index (χ2v) is 9.70. The molecular formula is C21H27F2N5O. The summed E-state index contributed by atoms with van der Waals surface area (Å²) in [4.78, 5) is 19.5. The summed E-state index contributed by atoms with van der Waals surface area (Å²) >= 11 is 0. The molecule has 3 aliphatic carbocycles. The topological polar surface area (TPSA) is 63.1 Å². The lowest BCUT2D eigenvalue weighted by molar-refractivity contribution is -0.138. The molecule has 2 aliphatic heterocycles. The number of anilines is 1. The summed E-state index contributed by atoms with van der Waals surface area (Å²) in [6.45, 7) is 1.45. The minimum absolute atomic E-state index is 0.101. The Bertz CT molecular complexity index is 850. The molecule has 1 spiro atoms. The van der Waals surface area contributed by atoms with Gasteiger partial charge in [0, 0.05) is 25.0 Å². The fourth-order valence-electron chi connectivity index (χ4n) is 6.73. The average Bonchev–Trinajstić information content (AvgIpc) is 3.14. The number of carbonyl (C=O) groups is 1. The van der Waals surface area contributed by atoms with Crippen LogP contribution in [0.15, 0.2) is 18.5 Å². The number of allylic oxidation sites excluding steroid dienone is 2. The van der Waals surface area contributed by atoms with E-state index in [1.807, 2.05) is 4.90 Å². The van der Waals surface area contributed by atoms with Crippen molar-refractivity contribution in [2.75, 3.05) is 18.4 Å². The van der Waals surface area contributed by atoms with E-state index >= 15 is 0 Å². The maximum Gasteiger partial charge on any atom is 0.260 e. The van der Waals surface area contributed by atoms with Crippen molar-refractivity contribution < 1.29 is 13.6 Å². The normalized spacial score (nSPS) is 39.1. The van der Waals surface area contributed by atoms with E-state index in [1.165, 1.54) is 23.9 Å². The zero-order valence-corrected chi connectivity index (χ0v) is 16.4. The van der Waals surface area contributed by atoms with Crippen LogP contribution in [0.5, 0.6) is 0 Å². The number of rotatable bonds is 3. The Morgan fingerprint density at radius 2 is 2.14 bits per heavy atom. The Morgan fingerprint density at radius 1 is 1.28 bits per heavy atom. The van der Waals surface area contributed by atoms with Crippen LogP contribution in [0.4, 0.5) is 14.7 Å². The van der Waals surface area contributed by atoms with Crippen molar-refractivity contribution >= 4 is 11.9 Å². The number of hydrogen-bond donors (Lipinski definition) is 1. The van der Waals surface area contributed by atoms with Gasteiger partial charge in [-0.2, -0.15) is 10.1 Å². The van der Waals surface area contributed by atoms with Crippen molar-refractivity contribution in [1.29, 1.82) is 0 Å². The van der Waals surface area contributed by atoms with E-state index in [4.69, 9.17) is 0 Å². The van der Waals surface area contributed by atoms with Crippen LogP contribution in [0.2, 0.25) is 0 Å². The molecule has 6 atom stereocenters. The number of piperidine rings is 1. The molecular weight excluding hydrogens is 376 g/mol. The first-order valence-corrected chi connectivity index (χ1v) is 11.0. The number of aromatic nitrogens is 3. The number of halogens is 2. The summed E-state index contributed by atoms with van der Waals surface area (Å²) in [7, 11) is 0. The Balaban J connectivity index is 1.17. The highest BCUT2D eigenvalue weighted by Gasteiger charge is 2.64. The van der Waals surface area contributed by atoms with Gasteiger partial charge in [-0.15, -0.1) is 0 Å². The molecule has 2 saturated carbocycles. The second-order valence-electron chi connectivity index (χ2n) is 9.70. The zero-order chi connectivity index (χ0) is 19.8. The number of carbonyl (C=O) groups excluding carboxylic acids is 1. The van der Waals surface area contributed by atoms with Crippen LogP contribution >= 0.6 is 0 Å². The Kier molecular flexibility index (Phi) is 3.84. The summed E-state index contributed by atoms with van der Waals surface area (Å²) in [5, 5.41) is 7.29. The lowest BCUT2D eigenvalue weighted by atomic mass is 9.84. The van der Waals surface area contributed by atoms with Crippen LogP contribution < -0.4 is 5.32 Å². The van der Waals surface area contributed by atoms with Crippen molar-refractivity contribution in [2.24, 2.45) is 29.1 Å². The van der Waals surface area contributed by atoms with Gasteiger partial charge < -0.3 is 10.2 Å². The van der Waals surface area contributed by atoms with Crippen molar-refractivity contribution in [3.8, 4) is 0 Å². The second kappa shape index (κ2) is 6.25. The first-order valence-electron chi connectivity index (χ1n) is 11.0. The number of amides is 1. The molecule has 0 aromatic carbocycles. The molecule has 2 bridgehead atoms. The molecule has 6 rings (SSSR count). The third kappa shape index (κ3) is 2.60. The predicted octanol–water partition coefficient (Wildman–Crippen LogP) is 3.11. The van der Waals surface area contributed by atoms with E-state index in [0.717, 1.165) is 25.8 Å². The van der Waals surface area contributed by atoms with Crippen LogP contribution in [0.3, 0.4) is 0 Å². The Hall–Kier alpha value is -1.99. The van der Waals surface area contributed by atoms with Crippen LogP contribution in [0.1, 0.15) is 44.6 Å². The predicted molar refractivity (Wildman–Crippen MR) is 102 cm³/mol. The molecule has 5 aliphatic rings. The molecule has 0 radical (unpaired) electrons. The number of nitrogens with zero attached hydrogens (tertiary/aromatic N) is 4. The van der Waals surface area contributed by atoms with Gasteiger partial charge in [0.2, 0.25) is 11.9 Å². The number of fused-ring (bicyclic) bond motifs is 1. The molecule has 8 heteroatoms. The van der Waals surface area contributed by atoms with E-state index in [-0.39, 0.29) is 17.9 Å². The molecule has 3 heterocycles. The largest absolute Gasteiger partial charge is 0.351 e. The molecule has 3 fully saturated rings. The van der Waals surface area contributed by atoms with Crippen LogP contribution in [0.25, 0.3) is 0 Å². The summed E-state index contributed by atoms with van der Waals surface area (Å²) in [6, 6.07) is -1.05. The van der Waals surface area contributed by atoms with E-state index in [2.05, 4.69) is 27.6 Å². The molecule has 156 valence electrons. The standard InChI is InChI=1S/C21H27F2N5O/c22-18(23)17-9-16(26-20-24-11-25-28(17)20)12-2-1-7-27(10-12)19(29)14-8-13-3-4-15(14)21(13)5-6-21/h3-4,11-18H,1-2,5-10H2,(H,24,25,26)/t12-,13-,14+,15-,16+,17-/m1/s1. The smallest absolute Gasteiger partial charge is 0.260 e. The van der Waals surface area contributed by atoms with Gasteiger partial charge >= 0.3 is 0 Å². The first kappa shape index (κ1) is 17.8. The Morgan fingerprint density at radius 3 is 2.90 bits per heavy atom. The van der Waals surface area contributed by atoms with Crippen molar-refractivity contribution in [3.05, 3.63) is 18.5 Å². The molecule has 1 aromatic rings. The van der Waals surface area contributed by atoms with Gasteiger partial charge in [0.1, 0.15) is 12.4 Å². The van der Waals surface area contributed by atoms with Gasteiger partial charge in [0.05, 0.1) is 0 Å². The highest BCUT2D eigenvalue weighted by molar-refractivity contribution is 5.80. The summed E-state index contributed by atoms with van der Waals surface area (Å²) in [6.07, 6.45) is 9.23. The number of alkyl halides is 2. The van der Waals surface area contributed by atoms with E-state index < -0.39 is 12.5 Å². The van der Waals surface area contributed by atoms with Gasteiger partial charge in [-0.3, -0.25) is 4.79 Å². The first-order chi connectivity index (χ1) is 14.1. The summed E-state index contributed by atoms with van der Waals surface area (Å²) in [5.74, 6) is 2.03. The van der Waals surface area contributed by atoms with Gasteiger partial charge in [-0.1, -0.05) is 12.2 Å². The molecule has 1 saturated heterocycles. The third-order valence-corrected chi connectivity index (χ3v) is 8.37. The van der Waals surface area contributed by atoms with E-state index in [1.54, 1.807) is 0 Å². The monoisotopic (exact) mass is 403 g/mol. The quantitative estimate of drug-likeness (QED) is 0.788. The van der Waals surface area contributed by atoms with Gasteiger partial charge in [0.15, 0.2) is 0 Å². The molecule has 1 aromatic heterocycles. The van der Waals surface area contributed by atoms with E-state index in [9.17, 15) is 13.6 Å². The third-order valence-electron chi connectivity index (χ3n) is 8.37. The van der Waals surface area contributed by atoms with Crippen molar-refractivity contribution in [1.82, 2.24) is 19.7 Å². The molecule has 6 nitrogen and oxygen atoms in total. The SMILES string of the molecule is O=C([C@H]1C[C@H]2C=C[C@H]1C21CC1)N1CCC[C@@H]([C@@H]2C[C@H](C(F)F)n3ncnc3N2)C1. The highest BCUT2D eigenvalue weighted by atomic mass is 19.3. The van der Waals surface area contributed by atoms with Gasteiger partial charge in [-0.25, -0.2) is 13.5 Å². The minimum atomic E-state index is -2.48. The van der Waals surface area contributed by atoms with Crippen LogP contribution in [-0.2, 0) is 4.79 Å². The lowest BCUT2D eigenvalue weighted by Gasteiger charge is -2.41.